The van der Waals surface area contributed by atoms with Gasteiger partial charge in [0.05, 0.1) is 4.91 Å². The normalized spacial score (nSPS) is 19.8. The van der Waals surface area contributed by atoms with Crippen LogP contribution >= 0.6 is 11.8 Å². The lowest BCUT2D eigenvalue weighted by molar-refractivity contribution is -0.121. The third-order valence-electron chi connectivity index (χ3n) is 1.90. The average Bonchev–Trinajstić information content (AvgIpc) is 2.73. The summed E-state index contributed by atoms with van der Waals surface area (Å²) in [5.41, 5.74) is 0.823. The van der Waals surface area contributed by atoms with Crippen LogP contribution in [-0.2, 0) is 4.79 Å². The lowest BCUT2D eigenvalue weighted by atomic mass is 10.3. The first-order valence-electron chi connectivity index (χ1n) is 4.03. The average molecular weight is 208 g/mol. The molecule has 2 heterocycles. The van der Waals surface area contributed by atoms with Crippen LogP contribution in [0.25, 0.3) is 6.08 Å². The van der Waals surface area contributed by atoms with Crippen molar-refractivity contribution in [3.05, 3.63) is 28.9 Å². The predicted molar refractivity (Wildman–Crippen MR) is 54.5 cm³/mol. The van der Waals surface area contributed by atoms with E-state index in [1.165, 1.54) is 7.05 Å². The molecule has 14 heavy (non-hydrogen) atoms. The maximum atomic E-state index is 11.4. The Morgan fingerprint density at radius 1 is 1.50 bits per heavy atom. The van der Waals surface area contributed by atoms with E-state index >= 15 is 0 Å². The minimum Gasteiger partial charge on any atom is -0.362 e. The number of hydrogen-bond donors (Lipinski definition) is 1. The smallest absolute Gasteiger partial charge is 0.293 e. The molecule has 5 heteroatoms. The van der Waals surface area contributed by atoms with Gasteiger partial charge >= 0.3 is 0 Å². The summed E-state index contributed by atoms with van der Waals surface area (Å²) < 4.78 is 0. The highest BCUT2D eigenvalue weighted by Gasteiger charge is 2.31. The summed E-state index contributed by atoms with van der Waals surface area (Å²) in [4.78, 5) is 27.1. The number of hydrogen-bond acceptors (Lipinski definition) is 3. The van der Waals surface area contributed by atoms with Crippen LogP contribution in [-0.4, -0.2) is 28.1 Å². The van der Waals surface area contributed by atoms with Crippen molar-refractivity contribution in [2.75, 3.05) is 7.05 Å². The van der Waals surface area contributed by atoms with Crippen molar-refractivity contribution in [1.82, 2.24) is 9.88 Å². The first-order chi connectivity index (χ1) is 6.68. The summed E-state index contributed by atoms with van der Waals surface area (Å²) in [7, 11) is 1.48. The fraction of sp³-hybridized carbons (Fsp3) is 0.111. The summed E-state index contributed by atoms with van der Waals surface area (Å²) in [6.45, 7) is 0. The van der Waals surface area contributed by atoms with Crippen LogP contribution in [0.2, 0.25) is 0 Å². The van der Waals surface area contributed by atoms with E-state index in [1.54, 1.807) is 12.3 Å². The summed E-state index contributed by atoms with van der Waals surface area (Å²) in [5, 5.41) is -0.229. The lowest BCUT2D eigenvalue weighted by Crippen LogP contribution is -2.22. The fourth-order valence-electron chi connectivity index (χ4n) is 1.12. The van der Waals surface area contributed by atoms with Crippen LogP contribution in [0.1, 0.15) is 5.69 Å². The second-order valence-corrected chi connectivity index (χ2v) is 3.86. The Morgan fingerprint density at radius 3 is 2.79 bits per heavy atom. The van der Waals surface area contributed by atoms with Gasteiger partial charge < -0.3 is 4.98 Å². The Balaban J connectivity index is 2.29. The van der Waals surface area contributed by atoms with E-state index < -0.39 is 0 Å². The molecule has 2 rings (SSSR count). The number of nitrogens with one attached hydrogen (secondary N) is 1. The zero-order chi connectivity index (χ0) is 10.1. The van der Waals surface area contributed by atoms with Gasteiger partial charge in [0, 0.05) is 18.9 Å². The molecule has 1 aliphatic rings. The number of thioether (sulfide) groups is 1. The van der Waals surface area contributed by atoms with Gasteiger partial charge in [-0.3, -0.25) is 14.5 Å². The Bertz CT molecular complexity index is 408. The van der Waals surface area contributed by atoms with Crippen LogP contribution in [0.15, 0.2) is 23.2 Å². The van der Waals surface area contributed by atoms with Crippen molar-refractivity contribution < 1.29 is 9.59 Å². The van der Waals surface area contributed by atoms with E-state index in [2.05, 4.69) is 4.98 Å². The number of amides is 2. The molecule has 1 fully saturated rings. The van der Waals surface area contributed by atoms with Gasteiger partial charge in [-0.15, -0.1) is 0 Å². The molecule has 1 aromatic heterocycles. The number of carbonyl (C=O) groups is 2. The largest absolute Gasteiger partial charge is 0.362 e. The molecule has 0 bridgehead atoms. The minimum absolute atomic E-state index is 0.229. The molecule has 0 aromatic carbocycles. The number of aromatic amines is 1. The maximum Gasteiger partial charge on any atom is 0.293 e. The van der Waals surface area contributed by atoms with E-state index in [1.807, 2.05) is 12.1 Å². The minimum atomic E-state index is -0.241. The van der Waals surface area contributed by atoms with Crippen LogP contribution in [0.4, 0.5) is 4.79 Å². The zero-order valence-corrected chi connectivity index (χ0v) is 8.30. The molecular weight excluding hydrogens is 200 g/mol. The Hall–Kier alpha value is -1.49. The van der Waals surface area contributed by atoms with Crippen molar-refractivity contribution in [3.8, 4) is 0 Å². The van der Waals surface area contributed by atoms with Gasteiger partial charge in [0.15, 0.2) is 0 Å². The molecule has 0 saturated carbocycles. The van der Waals surface area contributed by atoms with Crippen molar-refractivity contribution in [1.29, 1.82) is 0 Å². The standard InChI is InChI=1S/C9H8N2O2S/c1-11-8(12)7(14-9(11)13)5-6-3-2-4-10-6/h2-5,10H,1H3/b7-5+. The number of carbonyl (C=O) groups excluding carboxylic acids is 2. The molecule has 1 N–H and O–H groups in total. The molecule has 1 aliphatic heterocycles. The molecule has 0 radical (unpaired) electrons. The van der Waals surface area contributed by atoms with Crippen molar-refractivity contribution in [2.24, 2.45) is 0 Å². The SMILES string of the molecule is CN1C(=O)S/C(=C/c2ccc[nH]2)C1=O. The highest BCUT2D eigenvalue weighted by Crippen LogP contribution is 2.30. The molecular formula is C9H8N2O2S. The third kappa shape index (κ3) is 1.46. The number of imide groups is 1. The van der Waals surface area contributed by atoms with Crippen LogP contribution in [0.5, 0.6) is 0 Å². The predicted octanol–water partition coefficient (Wildman–Crippen LogP) is 1.68. The molecule has 1 saturated heterocycles. The quantitative estimate of drug-likeness (QED) is 0.714. The monoisotopic (exact) mass is 208 g/mol. The maximum absolute atomic E-state index is 11.4. The molecule has 72 valence electrons. The Labute approximate surface area is 85.0 Å². The number of likely N-dealkylation sites (N-methyl/N-ethyl adjacent to an activating group) is 1. The van der Waals surface area contributed by atoms with Crippen molar-refractivity contribution >= 4 is 29.0 Å². The fourth-order valence-corrected chi connectivity index (χ4v) is 1.94. The molecule has 0 spiro atoms. The molecule has 0 atom stereocenters. The topological polar surface area (TPSA) is 53.2 Å². The van der Waals surface area contributed by atoms with E-state index in [4.69, 9.17) is 0 Å². The lowest BCUT2D eigenvalue weighted by Gasteiger charge is -2.00. The van der Waals surface area contributed by atoms with Gasteiger partial charge in [-0.05, 0) is 30.0 Å². The van der Waals surface area contributed by atoms with Gasteiger partial charge in [-0.1, -0.05) is 0 Å². The van der Waals surface area contributed by atoms with Gasteiger partial charge in [0.2, 0.25) is 0 Å². The summed E-state index contributed by atoms with van der Waals surface area (Å²) in [5.74, 6) is -0.241. The summed E-state index contributed by atoms with van der Waals surface area (Å²) in [6, 6.07) is 3.67. The number of aromatic nitrogens is 1. The Morgan fingerprint density at radius 2 is 2.29 bits per heavy atom. The van der Waals surface area contributed by atoms with Crippen molar-refractivity contribution in [2.45, 2.75) is 0 Å². The van der Waals surface area contributed by atoms with Gasteiger partial charge in [0.1, 0.15) is 0 Å². The zero-order valence-electron chi connectivity index (χ0n) is 7.48. The van der Waals surface area contributed by atoms with Crippen molar-refractivity contribution in [3.63, 3.8) is 0 Å². The third-order valence-corrected chi connectivity index (χ3v) is 2.86. The van der Waals surface area contributed by atoms with Crippen LogP contribution in [0.3, 0.4) is 0 Å². The molecule has 0 unspecified atom stereocenters. The number of rotatable bonds is 1. The first kappa shape index (κ1) is 9.08. The van der Waals surface area contributed by atoms with E-state index in [9.17, 15) is 9.59 Å². The van der Waals surface area contributed by atoms with Crippen LogP contribution < -0.4 is 0 Å². The van der Waals surface area contributed by atoms with E-state index in [0.717, 1.165) is 22.4 Å². The Kier molecular flexibility index (Phi) is 2.17. The number of H-pyrrole nitrogens is 1. The van der Waals surface area contributed by atoms with E-state index in [-0.39, 0.29) is 11.1 Å². The van der Waals surface area contributed by atoms with Gasteiger partial charge in [-0.2, -0.15) is 0 Å². The summed E-state index contributed by atoms with van der Waals surface area (Å²) >= 11 is 0.959. The molecule has 4 nitrogen and oxygen atoms in total. The second kappa shape index (κ2) is 3.34. The molecule has 2 amide bonds. The second-order valence-electron chi connectivity index (χ2n) is 2.87. The molecule has 1 aromatic rings. The highest BCUT2D eigenvalue weighted by atomic mass is 32.2. The first-order valence-corrected chi connectivity index (χ1v) is 4.85. The van der Waals surface area contributed by atoms with E-state index in [0.29, 0.717) is 4.91 Å². The van der Waals surface area contributed by atoms with Gasteiger partial charge in [0.25, 0.3) is 11.1 Å². The number of nitrogens with zero attached hydrogens (tertiary/aromatic N) is 1. The molecule has 0 aliphatic carbocycles. The summed E-state index contributed by atoms with van der Waals surface area (Å²) in [6.07, 6.45) is 3.44. The highest BCUT2D eigenvalue weighted by molar-refractivity contribution is 8.18. The van der Waals surface area contributed by atoms with Gasteiger partial charge in [-0.25, -0.2) is 0 Å². The van der Waals surface area contributed by atoms with Crippen LogP contribution in [0, 0.1) is 0 Å².